The maximum absolute atomic E-state index is 10.2. The SMILES string of the molecule is O=S(=O)(O)c1ccc[cH-]1.[Fe+2].[O-]C=C1C=CC=C1. The van der Waals surface area contributed by atoms with Crippen molar-refractivity contribution in [2.45, 2.75) is 4.90 Å². The smallest absolute Gasteiger partial charge is 0.877 e. The van der Waals surface area contributed by atoms with Crippen molar-refractivity contribution in [3.8, 4) is 0 Å². The van der Waals surface area contributed by atoms with E-state index in [9.17, 15) is 13.5 Å². The summed E-state index contributed by atoms with van der Waals surface area (Å²) in [6, 6.07) is 5.75. The molecule has 17 heavy (non-hydrogen) atoms. The van der Waals surface area contributed by atoms with Gasteiger partial charge in [0.2, 0.25) is 0 Å². The monoisotopic (exact) mass is 294 g/mol. The molecule has 1 aromatic carbocycles. The van der Waals surface area contributed by atoms with E-state index in [0.29, 0.717) is 0 Å². The predicted octanol–water partition coefficient (Wildman–Crippen LogP) is 1.01. The van der Waals surface area contributed by atoms with Crippen LogP contribution in [-0.2, 0) is 27.2 Å². The Labute approximate surface area is 111 Å². The van der Waals surface area contributed by atoms with Crippen LogP contribution in [0.3, 0.4) is 0 Å². The molecular weight excluding hydrogens is 284 g/mol. The molecule has 0 saturated carbocycles. The first kappa shape index (κ1) is 15.8. The van der Waals surface area contributed by atoms with Crippen LogP contribution in [-0.4, -0.2) is 13.0 Å². The van der Waals surface area contributed by atoms with Crippen LogP contribution in [0.5, 0.6) is 0 Å². The number of hydrogen-bond acceptors (Lipinski definition) is 3. The Morgan fingerprint density at radius 3 is 2.12 bits per heavy atom. The van der Waals surface area contributed by atoms with E-state index in [1.807, 2.05) is 12.2 Å². The van der Waals surface area contributed by atoms with E-state index in [0.717, 1.165) is 11.8 Å². The summed E-state index contributed by atoms with van der Waals surface area (Å²) in [5, 5.41) is 9.87. The Bertz CT molecular complexity index is 496. The molecule has 0 saturated heterocycles. The van der Waals surface area contributed by atoms with Crippen LogP contribution in [0, 0.1) is 0 Å². The molecule has 0 fully saturated rings. The topological polar surface area (TPSA) is 77.4 Å². The molecule has 0 radical (unpaired) electrons. The van der Waals surface area contributed by atoms with Crippen LogP contribution in [0.15, 0.2) is 65.3 Å². The van der Waals surface area contributed by atoms with Gasteiger partial charge in [-0.25, -0.2) is 6.07 Å². The molecule has 0 aliphatic heterocycles. The molecule has 92 valence electrons. The standard InChI is InChI=1S/C6H6O.C5H5O3S.Fe/c7-5-6-3-1-2-4-6;6-9(7,8)5-3-1-2-4-5;/h1-5,7H;1-4H,(H,6,7,8);/q;-1;+2/p-1. The van der Waals surface area contributed by atoms with E-state index in [1.54, 1.807) is 24.3 Å². The Kier molecular flexibility index (Phi) is 6.68. The normalized spacial score (nSPS) is 12.6. The van der Waals surface area contributed by atoms with Crippen molar-refractivity contribution in [2.24, 2.45) is 0 Å². The van der Waals surface area contributed by atoms with Crippen LogP contribution < -0.4 is 5.11 Å². The molecule has 6 heteroatoms. The molecule has 2 rings (SSSR count). The van der Waals surface area contributed by atoms with E-state index in [2.05, 4.69) is 0 Å². The Hall–Kier alpha value is -1.20. The number of hydrogen-bond donors (Lipinski definition) is 1. The summed E-state index contributed by atoms with van der Waals surface area (Å²) in [7, 11) is -3.96. The van der Waals surface area contributed by atoms with Crippen LogP contribution >= 0.6 is 0 Å². The summed E-state index contributed by atoms with van der Waals surface area (Å²) < 4.78 is 28.8. The van der Waals surface area contributed by atoms with Crippen molar-refractivity contribution in [2.75, 3.05) is 0 Å². The third-order valence-electron chi connectivity index (χ3n) is 1.75. The van der Waals surface area contributed by atoms with E-state index < -0.39 is 10.1 Å². The van der Waals surface area contributed by atoms with Gasteiger partial charge in [0.15, 0.2) is 0 Å². The van der Waals surface area contributed by atoms with Gasteiger partial charge >= 0.3 is 17.1 Å². The van der Waals surface area contributed by atoms with Gasteiger partial charge in [-0.15, -0.1) is 6.26 Å². The summed E-state index contributed by atoms with van der Waals surface area (Å²) in [5.74, 6) is 0. The number of allylic oxidation sites excluding steroid dienone is 5. The summed E-state index contributed by atoms with van der Waals surface area (Å²) in [6.45, 7) is 0. The van der Waals surface area contributed by atoms with E-state index >= 15 is 0 Å². The molecule has 1 N–H and O–H groups in total. The minimum atomic E-state index is -3.96. The third kappa shape index (κ3) is 5.60. The summed E-state index contributed by atoms with van der Waals surface area (Å²) in [6.07, 6.45) is 8.05. The average molecular weight is 294 g/mol. The molecule has 0 heterocycles. The van der Waals surface area contributed by atoms with Crippen LogP contribution in [0.25, 0.3) is 0 Å². The van der Waals surface area contributed by atoms with Gasteiger partial charge in [-0.1, -0.05) is 24.3 Å². The van der Waals surface area contributed by atoms with Crippen molar-refractivity contribution in [1.29, 1.82) is 0 Å². The zero-order chi connectivity index (χ0) is 12.0. The van der Waals surface area contributed by atoms with Gasteiger partial charge in [-0.3, -0.25) is 4.55 Å². The second kappa shape index (κ2) is 7.19. The molecule has 0 spiro atoms. The first-order chi connectivity index (χ1) is 7.54. The first-order valence-corrected chi connectivity index (χ1v) is 5.84. The molecule has 1 aliphatic rings. The summed E-state index contributed by atoms with van der Waals surface area (Å²) in [5.41, 5.74) is 0.750. The number of rotatable bonds is 1. The molecule has 0 atom stereocenters. The van der Waals surface area contributed by atoms with Crippen molar-refractivity contribution in [3.05, 3.63) is 60.4 Å². The molecular formula is C11H10FeO4S. The quantitative estimate of drug-likeness (QED) is 0.363. The Morgan fingerprint density at radius 1 is 1.29 bits per heavy atom. The van der Waals surface area contributed by atoms with Crippen LogP contribution in [0.2, 0.25) is 0 Å². The second-order valence-corrected chi connectivity index (χ2v) is 4.35. The fourth-order valence-electron chi connectivity index (χ4n) is 0.996. The Balaban J connectivity index is 0.000000292. The van der Waals surface area contributed by atoms with Gasteiger partial charge < -0.3 is 5.11 Å². The predicted molar refractivity (Wildman–Crippen MR) is 58.2 cm³/mol. The fourth-order valence-corrected chi connectivity index (χ4v) is 1.50. The van der Waals surface area contributed by atoms with Gasteiger partial charge in [0.1, 0.15) is 0 Å². The Morgan fingerprint density at radius 2 is 1.88 bits per heavy atom. The largest absolute Gasteiger partial charge is 2.00 e. The maximum atomic E-state index is 10.2. The summed E-state index contributed by atoms with van der Waals surface area (Å²) in [4.78, 5) is -0.0532. The minimum absolute atomic E-state index is 0. The fraction of sp³-hybridized carbons (Fsp3) is 0. The van der Waals surface area contributed by atoms with Gasteiger partial charge in [-0.2, -0.15) is 26.6 Å². The van der Waals surface area contributed by atoms with Crippen molar-refractivity contribution in [1.82, 2.24) is 0 Å². The van der Waals surface area contributed by atoms with Crippen LogP contribution in [0.1, 0.15) is 0 Å². The maximum Gasteiger partial charge on any atom is 2.00 e. The molecule has 1 aliphatic carbocycles. The minimum Gasteiger partial charge on any atom is -0.877 e. The van der Waals surface area contributed by atoms with E-state index in [-0.39, 0.29) is 22.0 Å². The molecule has 4 nitrogen and oxygen atoms in total. The summed E-state index contributed by atoms with van der Waals surface area (Å²) >= 11 is 0. The van der Waals surface area contributed by atoms with E-state index in [4.69, 9.17) is 4.55 Å². The van der Waals surface area contributed by atoms with Gasteiger partial charge in [0.05, 0.1) is 0 Å². The van der Waals surface area contributed by atoms with Gasteiger partial charge in [-0.05, 0) is 10.5 Å². The van der Waals surface area contributed by atoms with E-state index in [1.165, 1.54) is 12.1 Å². The van der Waals surface area contributed by atoms with Crippen LogP contribution in [0.4, 0.5) is 0 Å². The van der Waals surface area contributed by atoms with Gasteiger partial charge in [0.25, 0.3) is 10.1 Å². The molecule has 0 unspecified atom stereocenters. The van der Waals surface area contributed by atoms with Gasteiger partial charge in [0, 0.05) is 0 Å². The molecule has 0 amide bonds. The molecule has 0 bridgehead atoms. The zero-order valence-electron chi connectivity index (χ0n) is 8.63. The third-order valence-corrected chi connectivity index (χ3v) is 2.62. The van der Waals surface area contributed by atoms with Crippen molar-refractivity contribution < 1.29 is 35.1 Å². The molecule has 1 aromatic rings. The zero-order valence-corrected chi connectivity index (χ0v) is 10.6. The van der Waals surface area contributed by atoms with Crippen molar-refractivity contribution >= 4 is 10.1 Å². The van der Waals surface area contributed by atoms with Crippen molar-refractivity contribution in [3.63, 3.8) is 0 Å². The second-order valence-electron chi connectivity index (χ2n) is 2.93. The average Bonchev–Trinajstić information content (AvgIpc) is 2.91. The molecule has 0 aromatic heterocycles. The first-order valence-electron chi connectivity index (χ1n) is 4.40.